The van der Waals surface area contributed by atoms with Crippen LogP contribution in [-0.2, 0) is 19.0 Å². The molecule has 24 heavy (non-hydrogen) atoms. The van der Waals surface area contributed by atoms with Crippen molar-refractivity contribution in [1.82, 2.24) is 5.32 Å². The van der Waals surface area contributed by atoms with E-state index in [0.717, 1.165) is 5.56 Å². The maximum Gasteiger partial charge on any atom is 0.409 e. The summed E-state index contributed by atoms with van der Waals surface area (Å²) in [7, 11) is 1.33. The Hall–Kier alpha value is -2.08. The fraction of sp³-hybridized carbons (Fsp3) is 0.556. The minimum Gasteiger partial charge on any atom is -0.467 e. The topological polar surface area (TPSA) is 73.9 Å². The number of amides is 1. The van der Waals surface area contributed by atoms with Crippen molar-refractivity contribution in [2.45, 2.75) is 57.5 Å². The van der Waals surface area contributed by atoms with E-state index in [0.29, 0.717) is 12.8 Å². The van der Waals surface area contributed by atoms with E-state index in [1.807, 2.05) is 30.3 Å². The first-order valence-corrected chi connectivity index (χ1v) is 8.06. The summed E-state index contributed by atoms with van der Waals surface area (Å²) in [6, 6.07) is 9.86. The summed E-state index contributed by atoms with van der Waals surface area (Å²) in [5.74, 6) is -0.351. The van der Waals surface area contributed by atoms with Crippen LogP contribution in [0.15, 0.2) is 30.3 Å². The van der Waals surface area contributed by atoms with Crippen LogP contribution in [0.1, 0.15) is 45.1 Å². The van der Waals surface area contributed by atoms with E-state index in [2.05, 4.69) is 5.32 Å². The highest BCUT2D eigenvalue weighted by atomic mass is 16.6. The Balaban J connectivity index is 2.09. The summed E-state index contributed by atoms with van der Waals surface area (Å²) in [6.07, 6.45) is -0.804. The molecule has 1 N–H and O–H groups in total. The first kappa shape index (κ1) is 18.3. The molecule has 1 saturated heterocycles. The fourth-order valence-electron chi connectivity index (χ4n) is 2.73. The van der Waals surface area contributed by atoms with Gasteiger partial charge in [-0.05, 0) is 45.1 Å². The number of ether oxygens (including phenoxy) is 3. The van der Waals surface area contributed by atoms with Gasteiger partial charge in [-0.1, -0.05) is 30.3 Å². The Bertz CT molecular complexity index is 567. The van der Waals surface area contributed by atoms with Gasteiger partial charge in [0, 0.05) is 0 Å². The second kappa shape index (κ2) is 7.66. The monoisotopic (exact) mass is 335 g/mol. The number of methoxy groups -OCH3 is 1. The highest BCUT2D eigenvalue weighted by Crippen LogP contribution is 2.33. The Labute approximate surface area is 142 Å². The third-order valence-electron chi connectivity index (χ3n) is 3.74. The zero-order valence-corrected chi connectivity index (χ0v) is 14.6. The van der Waals surface area contributed by atoms with Crippen LogP contribution in [0, 0.1) is 0 Å². The normalized spacial score (nSPS) is 24.1. The summed E-state index contributed by atoms with van der Waals surface area (Å²) in [5.41, 5.74) is 0.505. The molecule has 132 valence electrons. The van der Waals surface area contributed by atoms with Crippen LogP contribution in [0.3, 0.4) is 0 Å². The number of alkyl carbamates (subject to hydrolysis) is 1. The lowest BCUT2D eigenvalue weighted by atomic mass is 9.87. The van der Waals surface area contributed by atoms with Gasteiger partial charge in [0.05, 0.1) is 7.11 Å². The smallest absolute Gasteiger partial charge is 0.409 e. The molecule has 1 aromatic rings. The third kappa shape index (κ3) is 5.23. The highest BCUT2D eigenvalue weighted by molar-refractivity contribution is 5.75. The van der Waals surface area contributed by atoms with Crippen LogP contribution < -0.4 is 5.32 Å². The van der Waals surface area contributed by atoms with Crippen molar-refractivity contribution in [2.24, 2.45) is 0 Å². The van der Waals surface area contributed by atoms with Crippen molar-refractivity contribution in [3.05, 3.63) is 35.9 Å². The molecule has 0 unspecified atom stereocenters. The van der Waals surface area contributed by atoms with Crippen molar-refractivity contribution < 1.29 is 23.8 Å². The van der Waals surface area contributed by atoms with E-state index >= 15 is 0 Å². The first-order chi connectivity index (χ1) is 11.3. The second-order valence-electron chi connectivity index (χ2n) is 6.86. The molecular weight excluding hydrogens is 310 g/mol. The van der Waals surface area contributed by atoms with Crippen LogP contribution in [0.4, 0.5) is 4.79 Å². The molecule has 1 heterocycles. The SMILES string of the molecule is COC(=O)[C@@H]1C[C@H](c2ccccc2)C[C@H](NC(=O)OC(C)(C)C)O1. The maximum atomic E-state index is 12.0. The average Bonchev–Trinajstić information content (AvgIpc) is 2.52. The number of esters is 1. The largest absolute Gasteiger partial charge is 0.467 e. The van der Waals surface area contributed by atoms with Crippen LogP contribution in [0.2, 0.25) is 0 Å². The average molecular weight is 335 g/mol. The molecule has 1 aliphatic heterocycles. The predicted octanol–water partition coefficient (Wildman–Crippen LogP) is 2.97. The van der Waals surface area contributed by atoms with Crippen molar-refractivity contribution >= 4 is 12.1 Å². The summed E-state index contributed by atoms with van der Waals surface area (Å²) in [6.45, 7) is 5.37. The summed E-state index contributed by atoms with van der Waals surface area (Å²) >= 11 is 0. The van der Waals surface area contributed by atoms with Gasteiger partial charge in [-0.25, -0.2) is 9.59 Å². The summed E-state index contributed by atoms with van der Waals surface area (Å²) < 4.78 is 15.7. The molecular formula is C18H25NO5. The Morgan fingerprint density at radius 1 is 1.17 bits per heavy atom. The standard InChI is InChI=1S/C18H25NO5/c1-18(2,3)24-17(21)19-15-11-13(12-8-6-5-7-9-12)10-14(23-15)16(20)22-4/h5-9,13-15H,10-11H2,1-4H3,(H,19,21)/t13-,14-,15+/m0/s1. The van der Waals surface area contributed by atoms with Gasteiger partial charge in [-0.3, -0.25) is 5.32 Å². The molecule has 2 rings (SSSR count). The molecule has 1 amide bonds. The van der Waals surface area contributed by atoms with Crippen LogP contribution >= 0.6 is 0 Å². The van der Waals surface area contributed by atoms with Crippen LogP contribution in [0.5, 0.6) is 0 Å². The van der Waals surface area contributed by atoms with Gasteiger partial charge in [0.15, 0.2) is 6.10 Å². The molecule has 0 radical (unpaired) electrons. The minimum atomic E-state index is -0.714. The zero-order chi connectivity index (χ0) is 17.7. The lowest BCUT2D eigenvalue weighted by Gasteiger charge is -2.35. The quantitative estimate of drug-likeness (QED) is 0.860. The van der Waals surface area contributed by atoms with Crippen molar-refractivity contribution in [1.29, 1.82) is 0 Å². The summed E-state index contributed by atoms with van der Waals surface area (Å²) in [5, 5.41) is 2.69. The lowest BCUT2D eigenvalue weighted by molar-refractivity contribution is -0.165. The number of carbonyl (C=O) groups is 2. The van der Waals surface area contributed by atoms with E-state index in [-0.39, 0.29) is 5.92 Å². The van der Waals surface area contributed by atoms with Gasteiger partial charge in [-0.2, -0.15) is 0 Å². The molecule has 6 heteroatoms. The molecule has 3 atom stereocenters. The predicted molar refractivity (Wildman–Crippen MR) is 88.5 cm³/mol. The van der Waals surface area contributed by atoms with Gasteiger partial charge in [-0.15, -0.1) is 0 Å². The lowest BCUT2D eigenvalue weighted by Crippen LogP contribution is -2.47. The van der Waals surface area contributed by atoms with E-state index in [4.69, 9.17) is 14.2 Å². The zero-order valence-electron chi connectivity index (χ0n) is 14.6. The molecule has 0 spiro atoms. The number of rotatable bonds is 3. The molecule has 0 bridgehead atoms. The van der Waals surface area contributed by atoms with Crippen LogP contribution in [0.25, 0.3) is 0 Å². The third-order valence-corrected chi connectivity index (χ3v) is 3.74. The minimum absolute atomic E-state index is 0.0870. The number of nitrogens with one attached hydrogen (secondary N) is 1. The molecule has 1 fully saturated rings. The molecule has 0 aliphatic carbocycles. The molecule has 0 saturated carbocycles. The summed E-state index contributed by atoms with van der Waals surface area (Å²) in [4.78, 5) is 23.9. The van der Waals surface area contributed by atoms with E-state index in [9.17, 15) is 9.59 Å². The first-order valence-electron chi connectivity index (χ1n) is 8.06. The second-order valence-corrected chi connectivity index (χ2v) is 6.86. The molecule has 6 nitrogen and oxygen atoms in total. The van der Waals surface area contributed by atoms with Crippen molar-refractivity contribution in [3.8, 4) is 0 Å². The van der Waals surface area contributed by atoms with E-state index in [1.54, 1.807) is 20.8 Å². The van der Waals surface area contributed by atoms with Crippen molar-refractivity contribution in [2.75, 3.05) is 7.11 Å². The van der Waals surface area contributed by atoms with Crippen LogP contribution in [-0.4, -0.2) is 37.1 Å². The van der Waals surface area contributed by atoms with Gasteiger partial charge in [0.25, 0.3) is 0 Å². The maximum absolute atomic E-state index is 12.0. The number of hydrogen-bond donors (Lipinski definition) is 1. The fourth-order valence-corrected chi connectivity index (χ4v) is 2.73. The van der Waals surface area contributed by atoms with Crippen molar-refractivity contribution in [3.63, 3.8) is 0 Å². The highest BCUT2D eigenvalue weighted by Gasteiger charge is 2.36. The van der Waals surface area contributed by atoms with Gasteiger partial charge in [0.1, 0.15) is 11.8 Å². The van der Waals surface area contributed by atoms with E-state index < -0.39 is 30.0 Å². The number of hydrogen-bond acceptors (Lipinski definition) is 5. The Kier molecular flexibility index (Phi) is 5.83. The number of benzene rings is 1. The van der Waals surface area contributed by atoms with Gasteiger partial charge in [0.2, 0.25) is 0 Å². The Morgan fingerprint density at radius 2 is 1.83 bits per heavy atom. The Morgan fingerprint density at radius 3 is 2.42 bits per heavy atom. The molecule has 1 aliphatic rings. The molecule has 0 aromatic heterocycles. The number of carbonyl (C=O) groups excluding carboxylic acids is 2. The van der Waals surface area contributed by atoms with E-state index in [1.165, 1.54) is 7.11 Å². The van der Waals surface area contributed by atoms with Gasteiger partial charge >= 0.3 is 12.1 Å². The van der Waals surface area contributed by atoms with Gasteiger partial charge < -0.3 is 14.2 Å². The molecule has 1 aromatic carbocycles.